The number of thioether (sulfide) groups is 1. The monoisotopic (exact) mass is 387 g/mol. The standard InChI is InChI=1S/C20H21NO5S/c1-13(2)26-18-9-8-15(20(24)25)10-16(18)21-19(23)12-27-11-17(22)14-6-4-3-5-7-14/h3-10,13H,11-12H2,1-2H3,(H,21,23)(H,24,25). The molecule has 0 aliphatic rings. The van der Waals surface area contributed by atoms with Crippen molar-refractivity contribution in [1.29, 1.82) is 0 Å². The molecular weight excluding hydrogens is 366 g/mol. The molecule has 0 radical (unpaired) electrons. The number of hydrogen-bond acceptors (Lipinski definition) is 5. The number of carbonyl (C=O) groups excluding carboxylic acids is 2. The molecule has 0 atom stereocenters. The molecule has 6 nitrogen and oxygen atoms in total. The van der Waals surface area contributed by atoms with E-state index < -0.39 is 5.97 Å². The van der Waals surface area contributed by atoms with Crippen LogP contribution in [-0.4, -0.2) is 40.4 Å². The van der Waals surface area contributed by atoms with Crippen LogP contribution in [0.15, 0.2) is 48.5 Å². The van der Waals surface area contributed by atoms with E-state index in [4.69, 9.17) is 9.84 Å². The second-order valence-corrected chi connectivity index (χ2v) is 7.00. The first kappa shape index (κ1) is 20.5. The minimum atomic E-state index is -1.09. The molecule has 0 aliphatic heterocycles. The zero-order valence-electron chi connectivity index (χ0n) is 15.1. The fraction of sp³-hybridized carbons (Fsp3) is 0.250. The van der Waals surface area contributed by atoms with E-state index in [2.05, 4.69) is 5.32 Å². The van der Waals surface area contributed by atoms with Gasteiger partial charge in [-0.05, 0) is 32.0 Å². The molecule has 0 unspecified atom stereocenters. The lowest BCUT2D eigenvalue weighted by Gasteiger charge is -2.15. The van der Waals surface area contributed by atoms with Gasteiger partial charge in [0.2, 0.25) is 5.91 Å². The van der Waals surface area contributed by atoms with E-state index in [9.17, 15) is 14.4 Å². The number of carboxylic acids is 1. The van der Waals surface area contributed by atoms with Gasteiger partial charge >= 0.3 is 5.97 Å². The minimum absolute atomic E-state index is 0.0494. The minimum Gasteiger partial charge on any atom is -0.489 e. The molecule has 0 bridgehead atoms. The van der Waals surface area contributed by atoms with Gasteiger partial charge in [0.25, 0.3) is 0 Å². The van der Waals surface area contributed by atoms with Gasteiger partial charge in [-0.15, -0.1) is 11.8 Å². The summed E-state index contributed by atoms with van der Waals surface area (Å²) in [4.78, 5) is 35.4. The number of anilines is 1. The molecule has 142 valence electrons. The summed E-state index contributed by atoms with van der Waals surface area (Å²) in [6.07, 6.45) is -0.130. The Kier molecular flexibility index (Phi) is 7.43. The van der Waals surface area contributed by atoms with Gasteiger partial charge in [-0.25, -0.2) is 4.79 Å². The van der Waals surface area contributed by atoms with Crippen LogP contribution in [0.5, 0.6) is 5.75 Å². The van der Waals surface area contributed by atoms with Crippen LogP contribution in [0.1, 0.15) is 34.6 Å². The Labute approximate surface area is 161 Å². The second kappa shape index (κ2) is 9.78. The number of rotatable bonds is 9. The number of hydrogen-bond donors (Lipinski definition) is 2. The Hall–Kier alpha value is -2.80. The van der Waals surface area contributed by atoms with Gasteiger partial charge in [0.05, 0.1) is 28.9 Å². The van der Waals surface area contributed by atoms with Crippen molar-refractivity contribution in [2.24, 2.45) is 0 Å². The molecule has 1 amide bonds. The zero-order valence-corrected chi connectivity index (χ0v) is 15.9. The number of amides is 1. The van der Waals surface area contributed by atoms with Crippen LogP contribution >= 0.6 is 11.8 Å². The molecule has 2 aromatic carbocycles. The van der Waals surface area contributed by atoms with Crippen LogP contribution in [-0.2, 0) is 4.79 Å². The number of aromatic carboxylic acids is 1. The molecule has 2 rings (SSSR count). The molecular formula is C20H21NO5S. The fourth-order valence-corrected chi connectivity index (χ4v) is 2.96. The van der Waals surface area contributed by atoms with Crippen LogP contribution in [0.3, 0.4) is 0 Å². The Bertz CT molecular complexity index is 820. The number of ketones is 1. The highest BCUT2D eigenvalue weighted by Gasteiger charge is 2.14. The maximum Gasteiger partial charge on any atom is 0.335 e. The van der Waals surface area contributed by atoms with Crippen LogP contribution in [0.2, 0.25) is 0 Å². The van der Waals surface area contributed by atoms with E-state index in [1.807, 2.05) is 19.9 Å². The van der Waals surface area contributed by atoms with Crippen molar-refractivity contribution >= 4 is 35.1 Å². The summed E-state index contributed by atoms with van der Waals surface area (Å²) in [6, 6.07) is 13.2. The molecule has 0 aromatic heterocycles. The number of nitrogens with one attached hydrogen (secondary N) is 1. The Morgan fingerprint density at radius 1 is 1.04 bits per heavy atom. The van der Waals surface area contributed by atoms with Gasteiger partial charge < -0.3 is 15.2 Å². The predicted octanol–water partition coefficient (Wildman–Crippen LogP) is 3.73. The van der Waals surface area contributed by atoms with Gasteiger partial charge in [-0.3, -0.25) is 9.59 Å². The molecule has 0 fully saturated rings. The van der Waals surface area contributed by atoms with Gasteiger partial charge in [0.15, 0.2) is 5.78 Å². The molecule has 0 saturated carbocycles. The summed E-state index contributed by atoms with van der Waals surface area (Å²) in [5.74, 6) is -0.834. The lowest BCUT2D eigenvalue weighted by molar-refractivity contribution is -0.113. The first-order chi connectivity index (χ1) is 12.9. The molecule has 27 heavy (non-hydrogen) atoms. The largest absolute Gasteiger partial charge is 0.489 e. The highest BCUT2D eigenvalue weighted by atomic mass is 32.2. The molecule has 0 saturated heterocycles. The highest BCUT2D eigenvalue weighted by molar-refractivity contribution is 8.00. The van der Waals surface area contributed by atoms with Crippen LogP contribution in [0.4, 0.5) is 5.69 Å². The normalized spacial score (nSPS) is 10.5. The SMILES string of the molecule is CC(C)Oc1ccc(C(=O)O)cc1NC(=O)CSCC(=O)c1ccccc1. The third-order valence-corrected chi connectivity index (χ3v) is 4.36. The van der Waals surface area contributed by atoms with E-state index >= 15 is 0 Å². The summed E-state index contributed by atoms with van der Waals surface area (Å²) in [5.41, 5.74) is 0.948. The summed E-state index contributed by atoms with van der Waals surface area (Å²) in [5, 5.41) is 11.8. The first-order valence-electron chi connectivity index (χ1n) is 8.36. The smallest absolute Gasteiger partial charge is 0.335 e. The molecule has 0 aliphatic carbocycles. The lowest BCUT2D eigenvalue weighted by atomic mass is 10.2. The van der Waals surface area contributed by atoms with E-state index in [0.29, 0.717) is 17.0 Å². The van der Waals surface area contributed by atoms with Crippen molar-refractivity contribution in [3.05, 3.63) is 59.7 Å². The molecule has 0 spiro atoms. The average molecular weight is 387 g/mol. The van der Waals surface area contributed by atoms with Gasteiger partial charge in [-0.2, -0.15) is 0 Å². The third kappa shape index (κ3) is 6.45. The van der Waals surface area contributed by atoms with Crippen LogP contribution in [0.25, 0.3) is 0 Å². The van der Waals surface area contributed by atoms with E-state index in [1.54, 1.807) is 24.3 Å². The Morgan fingerprint density at radius 2 is 1.74 bits per heavy atom. The van der Waals surface area contributed by atoms with E-state index in [-0.39, 0.29) is 34.9 Å². The van der Waals surface area contributed by atoms with E-state index in [0.717, 1.165) is 0 Å². The van der Waals surface area contributed by atoms with Crippen LogP contribution in [0, 0.1) is 0 Å². The van der Waals surface area contributed by atoms with Crippen molar-refractivity contribution in [2.45, 2.75) is 20.0 Å². The topological polar surface area (TPSA) is 92.7 Å². The van der Waals surface area contributed by atoms with Crippen molar-refractivity contribution in [1.82, 2.24) is 0 Å². The summed E-state index contributed by atoms with van der Waals surface area (Å²) < 4.78 is 5.61. The van der Waals surface area contributed by atoms with Crippen molar-refractivity contribution in [3.63, 3.8) is 0 Å². The lowest BCUT2D eigenvalue weighted by Crippen LogP contribution is -2.17. The van der Waals surface area contributed by atoms with Crippen molar-refractivity contribution in [2.75, 3.05) is 16.8 Å². The second-order valence-electron chi connectivity index (χ2n) is 6.01. The molecule has 2 aromatic rings. The van der Waals surface area contributed by atoms with Gasteiger partial charge in [0, 0.05) is 5.56 Å². The van der Waals surface area contributed by atoms with Crippen molar-refractivity contribution in [3.8, 4) is 5.75 Å². The average Bonchev–Trinajstić information content (AvgIpc) is 2.63. The highest BCUT2D eigenvalue weighted by Crippen LogP contribution is 2.27. The Balaban J connectivity index is 1.96. The van der Waals surface area contributed by atoms with Crippen LogP contribution < -0.4 is 10.1 Å². The summed E-state index contributed by atoms with van der Waals surface area (Å²) in [6.45, 7) is 3.67. The molecule has 0 heterocycles. The number of Topliss-reactive ketones (excluding diaryl/α,β-unsaturated/α-hetero) is 1. The molecule has 2 N–H and O–H groups in total. The number of carboxylic acid groups (broad SMARTS) is 1. The van der Waals surface area contributed by atoms with Gasteiger partial charge in [-0.1, -0.05) is 30.3 Å². The Morgan fingerprint density at radius 3 is 2.37 bits per heavy atom. The maximum absolute atomic E-state index is 12.2. The van der Waals surface area contributed by atoms with Crippen molar-refractivity contribution < 1.29 is 24.2 Å². The zero-order chi connectivity index (χ0) is 19.8. The number of ether oxygens (including phenoxy) is 1. The summed E-state index contributed by atoms with van der Waals surface area (Å²) >= 11 is 1.20. The molecule has 7 heteroatoms. The number of benzene rings is 2. The quantitative estimate of drug-likeness (QED) is 0.637. The number of carbonyl (C=O) groups is 3. The summed E-state index contributed by atoms with van der Waals surface area (Å²) in [7, 11) is 0. The van der Waals surface area contributed by atoms with E-state index in [1.165, 1.54) is 30.0 Å². The first-order valence-corrected chi connectivity index (χ1v) is 9.52. The predicted molar refractivity (Wildman–Crippen MR) is 106 cm³/mol. The maximum atomic E-state index is 12.2. The third-order valence-electron chi connectivity index (χ3n) is 3.43. The van der Waals surface area contributed by atoms with Gasteiger partial charge in [0.1, 0.15) is 5.75 Å². The fourth-order valence-electron chi connectivity index (χ4n) is 2.25.